The van der Waals surface area contributed by atoms with Crippen LogP contribution in [0.2, 0.25) is 0 Å². The van der Waals surface area contributed by atoms with Gasteiger partial charge in [0.25, 0.3) is 0 Å². The number of aromatic nitrogens is 1. The second-order valence-corrected chi connectivity index (χ2v) is 9.42. The number of rotatable bonds is 7. The average Bonchev–Trinajstić information content (AvgIpc) is 3.29. The van der Waals surface area contributed by atoms with Crippen LogP contribution in [0.3, 0.4) is 0 Å². The van der Waals surface area contributed by atoms with Gasteiger partial charge in [-0.3, -0.25) is 0 Å². The molecular weight excluding hydrogens is 400 g/mol. The third-order valence-electron chi connectivity index (χ3n) is 7.48. The zero-order valence-electron chi connectivity index (χ0n) is 19.1. The maximum Gasteiger partial charge on any atom is 0.0456 e. The zero-order chi connectivity index (χ0) is 22.0. The van der Waals surface area contributed by atoms with Crippen LogP contribution < -0.4 is 15.8 Å². The molecule has 0 saturated carbocycles. The van der Waals surface area contributed by atoms with E-state index >= 15 is 0 Å². The van der Waals surface area contributed by atoms with Crippen molar-refractivity contribution < 1.29 is 0 Å². The van der Waals surface area contributed by atoms with Gasteiger partial charge in [0.05, 0.1) is 0 Å². The predicted molar refractivity (Wildman–Crippen MR) is 139 cm³/mol. The molecule has 1 heterocycles. The van der Waals surface area contributed by atoms with Crippen molar-refractivity contribution in [3.05, 3.63) is 101 Å². The Labute approximate surface area is 196 Å². The lowest BCUT2D eigenvalue weighted by Crippen LogP contribution is -2.35. The lowest BCUT2D eigenvalue weighted by molar-refractivity contribution is 0.557. The van der Waals surface area contributed by atoms with E-state index in [2.05, 4.69) is 95.9 Å². The third-order valence-corrected chi connectivity index (χ3v) is 7.48. The zero-order valence-corrected chi connectivity index (χ0v) is 19.1. The standard InChI is InChI=1S/C31H31N2/c1-2-10-25-23(7-1)14-15-30-28-12-5-8-22(26(28)16-17-29(25)30)9-6-19-32-20-18-24-21-33-31-13-4-3-11-27(24)31/h1-4,7,10-13,15-17,19,21-22,32-33H,5-6,8-9,14,18,20H2. The first-order chi connectivity index (χ1) is 16.4. The Morgan fingerprint density at radius 1 is 0.909 bits per heavy atom. The lowest BCUT2D eigenvalue weighted by atomic mass is 9.81. The molecule has 0 spiro atoms. The molecule has 1 atom stereocenters. The molecule has 4 aromatic rings. The maximum atomic E-state index is 3.56. The number of benzene rings is 3. The van der Waals surface area contributed by atoms with Crippen LogP contribution in [0.5, 0.6) is 0 Å². The normalized spacial score (nSPS) is 16.4. The maximum absolute atomic E-state index is 3.56. The highest BCUT2D eigenvalue weighted by atomic mass is 14.8. The Balaban J connectivity index is 1.08. The molecule has 165 valence electrons. The van der Waals surface area contributed by atoms with Crippen molar-refractivity contribution in [1.29, 1.82) is 0 Å². The first-order valence-corrected chi connectivity index (χ1v) is 12.4. The monoisotopic (exact) mass is 431 g/mol. The molecule has 33 heavy (non-hydrogen) atoms. The fourth-order valence-electron chi connectivity index (χ4n) is 5.78. The Hall–Kier alpha value is -3.10. The van der Waals surface area contributed by atoms with E-state index in [0.717, 1.165) is 25.8 Å². The highest BCUT2D eigenvalue weighted by molar-refractivity contribution is 5.83. The van der Waals surface area contributed by atoms with Crippen molar-refractivity contribution in [2.75, 3.05) is 6.54 Å². The molecule has 0 saturated heterocycles. The second kappa shape index (κ2) is 9.03. The largest absolute Gasteiger partial charge is 0.361 e. The number of hydrogen-bond acceptors (Lipinski definition) is 1. The van der Waals surface area contributed by atoms with E-state index in [9.17, 15) is 0 Å². The van der Waals surface area contributed by atoms with Crippen LogP contribution in [-0.2, 0) is 12.8 Å². The van der Waals surface area contributed by atoms with Crippen LogP contribution in [-0.4, -0.2) is 11.5 Å². The number of aromatic amines is 1. The summed E-state index contributed by atoms with van der Waals surface area (Å²) in [5.74, 6) is 0.660. The van der Waals surface area contributed by atoms with Gasteiger partial charge in [0, 0.05) is 23.6 Å². The smallest absolute Gasteiger partial charge is 0.0456 e. The minimum Gasteiger partial charge on any atom is -0.361 e. The highest BCUT2D eigenvalue weighted by Crippen LogP contribution is 2.30. The van der Waals surface area contributed by atoms with Gasteiger partial charge in [-0.15, -0.1) is 0 Å². The van der Waals surface area contributed by atoms with Crippen LogP contribution in [0.25, 0.3) is 34.2 Å². The number of nitrogens with one attached hydrogen (secondary N) is 2. The Bertz CT molecular complexity index is 1410. The first kappa shape index (κ1) is 20.5. The SMILES string of the molecule is [CH](CCC1CCC=c2c1ccc1c2=CCc2ccccc2-1)NCCc1c[nH]c2ccccc12. The summed E-state index contributed by atoms with van der Waals surface area (Å²) in [6.45, 7) is 3.27. The Kier molecular flexibility index (Phi) is 5.61. The number of hydrogen-bond donors (Lipinski definition) is 2. The van der Waals surface area contributed by atoms with Gasteiger partial charge in [-0.05, 0) is 95.3 Å². The number of para-hydroxylation sites is 1. The molecule has 2 nitrogen and oxygen atoms in total. The first-order valence-electron chi connectivity index (χ1n) is 12.4. The predicted octanol–water partition coefficient (Wildman–Crippen LogP) is 5.60. The van der Waals surface area contributed by atoms with Crippen molar-refractivity contribution in [3.8, 4) is 11.1 Å². The van der Waals surface area contributed by atoms with Crippen LogP contribution in [0.15, 0.2) is 66.9 Å². The average molecular weight is 432 g/mol. The van der Waals surface area contributed by atoms with Crippen molar-refractivity contribution in [3.63, 3.8) is 0 Å². The summed E-state index contributed by atoms with van der Waals surface area (Å²) in [6.07, 6.45) is 14.0. The van der Waals surface area contributed by atoms with Gasteiger partial charge in [-0.2, -0.15) is 0 Å². The molecule has 0 aliphatic heterocycles. The van der Waals surface area contributed by atoms with E-state index in [4.69, 9.17) is 0 Å². The van der Waals surface area contributed by atoms with Gasteiger partial charge in [-0.1, -0.05) is 66.7 Å². The minimum atomic E-state index is 0.660. The van der Waals surface area contributed by atoms with Gasteiger partial charge in [0.1, 0.15) is 0 Å². The fourth-order valence-corrected chi connectivity index (χ4v) is 5.78. The third kappa shape index (κ3) is 3.94. The van der Waals surface area contributed by atoms with Crippen molar-refractivity contribution in [1.82, 2.24) is 10.3 Å². The summed E-state index contributed by atoms with van der Waals surface area (Å²) < 4.78 is 0. The summed E-state index contributed by atoms with van der Waals surface area (Å²) in [6, 6.07) is 22.2. The molecule has 0 fully saturated rings. The molecule has 0 bridgehead atoms. The molecule has 2 N–H and O–H groups in total. The number of fused-ring (bicyclic) bond motifs is 6. The molecule has 1 unspecified atom stereocenters. The van der Waals surface area contributed by atoms with E-state index < -0.39 is 0 Å². The van der Waals surface area contributed by atoms with E-state index in [1.54, 1.807) is 5.56 Å². The Morgan fingerprint density at radius 3 is 2.82 bits per heavy atom. The topological polar surface area (TPSA) is 27.8 Å². The molecule has 3 aromatic carbocycles. The van der Waals surface area contributed by atoms with Crippen LogP contribution in [0.4, 0.5) is 0 Å². The molecular formula is C31H31N2. The van der Waals surface area contributed by atoms with E-state index in [0.29, 0.717) is 5.92 Å². The summed E-state index contributed by atoms with van der Waals surface area (Å²) in [5.41, 5.74) is 8.46. The molecule has 2 heteroatoms. The highest BCUT2D eigenvalue weighted by Gasteiger charge is 2.19. The fraction of sp³-hybridized carbons (Fsp3) is 0.258. The lowest BCUT2D eigenvalue weighted by Gasteiger charge is -2.24. The van der Waals surface area contributed by atoms with Crippen molar-refractivity contribution in [2.45, 2.75) is 44.4 Å². The van der Waals surface area contributed by atoms with Gasteiger partial charge >= 0.3 is 0 Å². The van der Waals surface area contributed by atoms with Crippen LogP contribution >= 0.6 is 0 Å². The van der Waals surface area contributed by atoms with E-state index in [-0.39, 0.29) is 0 Å². The van der Waals surface area contributed by atoms with Crippen molar-refractivity contribution >= 4 is 23.1 Å². The second-order valence-electron chi connectivity index (χ2n) is 9.42. The summed E-state index contributed by atoms with van der Waals surface area (Å²) in [5, 5.41) is 7.88. The molecule has 1 aromatic heterocycles. The Morgan fingerprint density at radius 2 is 1.82 bits per heavy atom. The van der Waals surface area contributed by atoms with E-state index in [1.807, 2.05) is 0 Å². The molecule has 1 radical (unpaired) electrons. The molecule has 2 aliphatic carbocycles. The molecule has 2 aliphatic rings. The van der Waals surface area contributed by atoms with E-state index in [1.165, 1.54) is 62.9 Å². The van der Waals surface area contributed by atoms with Gasteiger partial charge < -0.3 is 10.3 Å². The summed E-state index contributed by atoms with van der Waals surface area (Å²) in [7, 11) is 0. The van der Waals surface area contributed by atoms with Crippen molar-refractivity contribution in [2.24, 2.45) is 0 Å². The van der Waals surface area contributed by atoms with Gasteiger partial charge in [-0.25, -0.2) is 0 Å². The molecule has 0 amide bonds. The van der Waals surface area contributed by atoms with Gasteiger partial charge in [0.2, 0.25) is 0 Å². The molecule has 6 rings (SSSR count). The quantitative estimate of drug-likeness (QED) is 0.366. The summed E-state index contributed by atoms with van der Waals surface area (Å²) in [4.78, 5) is 3.38. The van der Waals surface area contributed by atoms with Crippen LogP contribution in [0.1, 0.15) is 48.3 Å². The van der Waals surface area contributed by atoms with Crippen LogP contribution in [0, 0.1) is 6.54 Å². The van der Waals surface area contributed by atoms with Gasteiger partial charge in [0.15, 0.2) is 0 Å². The number of H-pyrrole nitrogens is 1. The summed E-state index contributed by atoms with van der Waals surface area (Å²) >= 11 is 0. The minimum absolute atomic E-state index is 0.660.